The van der Waals surface area contributed by atoms with Gasteiger partial charge in [0.05, 0.1) is 12.1 Å². The first-order valence-electron chi connectivity index (χ1n) is 10.8. The number of pyridine rings is 1. The summed E-state index contributed by atoms with van der Waals surface area (Å²) in [7, 11) is 0. The van der Waals surface area contributed by atoms with E-state index in [0.717, 1.165) is 50.5 Å². The molecule has 0 atom stereocenters. The second-order valence-electron chi connectivity index (χ2n) is 7.88. The van der Waals surface area contributed by atoms with Gasteiger partial charge in [-0.3, -0.25) is 0 Å². The van der Waals surface area contributed by atoms with Gasteiger partial charge in [-0.15, -0.1) is 10.2 Å². The summed E-state index contributed by atoms with van der Waals surface area (Å²) < 4.78 is 32.7. The molecular weight excluding hydrogens is 421 g/mol. The lowest BCUT2D eigenvalue weighted by Crippen LogP contribution is -2.05. The second kappa shape index (κ2) is 7.78. The summed E-state index contributed by atoms with van der Waals surface area (Å²) in [6.45, 7) is 3.24. The zero-order valence-electron chi connectivity index (χ0n) is 17.9. The predicted octanol–water partition coefficient (Wildman–Crippen LogP) is 5.52. The van der Waals surface area contributed by atoms with E-state index in [1.165, 1.54) is 6.07 Å². The quantitative estimate of drug-likeness (QED) is 0.360. The minimum atomic E-state index is -0.255. The molecule has 3 aliphatic rings. The fraction of sp³-hybridized carbons (Fsp3) is 0.154. The van der Waals surface area contributed by atoms with Crippen LogP contribution in [0.25, 0.3) is 33.4 Å². The van der Waals surface area contributed by atoms with Crippen LogP contribution in [0.15, 0.2) is 66.9 Å². The maximum atomic E-state index is 13.9. The summed E-state index contributed by atoms with van der Waals surface area (Å²) in [5.41, 5.74) is 5.15. The third kappa shape index (κ3) is 3.42. The third-order valence-corrected chi connectivity index (χ3v) is 5.78. The molecule has 3 heterocycles. The van der Waals surface area contributed by atoms with E-state index in [0.29, 0.717) is 18.9 Å². The normalized spacial score (nSPS) is 12.5. The van der Waals surface area contributed by atoms with Crippen molar-refractivity contribution in [3.63, 3.8) is 0 Å². The number of halogens is 1. The van der Waals surface area contributed by atoms with Crippen LogP contribution in [0.3, 0.4) is 0 Å². The molecule has 33 heavy (non-hydrogen) atoms. The van der Waals surface area contributed by atoms with E-state index in [4.69, 9.17) is 14.2 Å². The average Bonchev–Trinajstić information content (AvgIpc) is 3.46. The van der Waals surface area contributed by atoms with Crippen LogP contribution in [0.4, 0.5) is 4.39 Å². The van der Waals surface area contributed by atoms with Gasteiger partial charge in [0.2, 0.25) is 6.79 Å². The molecule has 0 aromatic heterocycles. The van der Waals surface area contributed by atoms with Crippen molar-refractivity contribution in [2.75, 3.05) is 13.4 Å². The molecule has 7 heteroatoms. The number of benzene rings is 3. The molecule has 0 saturated carbocycles. The molecule has 0 N–H and O–H groups in total. The van der Waals surface area contributed by atoms with Crippen molar-refractivity contribution in [2.45, 2.75) is 13.5 Å². The van der Waals surface area contributed by atoms with Gasteiger partial charge >= 0.3 is 0 Å². The Kier molecular flexibility index (Phi) is 4.61. The smallest absolute Gasteiger partial charge is 0.231 e. The monoisotopic (exact) mass is 441 g/mol. The van der Waals surface area contributed by atoms with E-state index in [2.05, 4.69) is 14.8 Å². The van der Waals surface area contributed by atoms with E-state index in [1.54, 1.807) is 12.1 Å². The lowest BCUT2D eigenvalue weighted by molar-refractivity contribution is 0.174. The highest BCUT2D eigenvalue weighted by atomic mass is 19.1. The Morgan fingerprint density at radius 3 is 2.73 bits per heavy atom. The number of nitrogens with zero attached hydrogens (tertiary/aromatic N) is 3. The van der Waals surface area contributed by atoms with Crippen LogP contribution in [0, 0.1) is 5.82 Å². The van der Waals surface area contributed by atoms with Gasteiger partial charge in [-0.25, -0.2) is 4.39 Å². The van der Waals surface area contributed by atoms with Crippen LogP contribution in [0.2, 0.25) is 0 Å². The van der Waals surface area contributed by atoms with Crippen LogP contribution in [-0.2, 0) is 6.54 Å². The maximum Gasteiger partial charge on any atom is 0.231 e. The highest BCUT2D eigenvalue weighted by Gasteiger charge is 2.23. The summed E-state index contributed by atoms with van der Waals surface area (Å²) >= 11 is 0. The maximum absolute atomic E-state index is 13.9. The first kappa shape index (κ1) is 19.5. The van der Waals surface area contributed by atoms with Gasteiger partial charge < -0.3 is 18.8 Å². The fourth-order valence-electron chi connectivity index (χ4n) is 4.30. The molecule has 0 fully saturated rings. The van der Waals surface area contributed by atoms with Crippen molar-refractivity contribution in [3.8, 4) is 39.8 Å². The molecule has 164 valence electrons. The second-order valence-corrected chi connectivity index (χ2v) is 7.88. The average molecular weight is 441 g/mol. The van der Waals surface area contributed by atoms with E-state index >= 15 is 0 Å². The Bertz CT molecular complexity index is 1460. The molecule has 0 bridgehead atoms. The van der Waals surface area contributed by atoms with Gasteiger partial charge in [-0.1, -0.05) is 12.1 Å². The molecule has 3 aliphatic heterocycles. The standard InChI is InChI=1S/C26H20FN3O3/c1-2-31-19-7-8-22-20(12-19)26-21(14-30(22)13-16-4-3-5-18(27)10-16)25(28-29-26)17-6-9-23-24(11-17)33-15-32-23/h3-12,14H,2,13,15H2,1H3. The molecule has 0 unspecified atom stereocenters. The molecule has 6 nitrogen and oxygen atoms in total. The molecule has 0 saturated heterocycles. The summed E-state index contributed by atoms with van der Waals surface area (Å²) in [4.78, 5) is 0. The minimum Gasteiger partial charge on any atom is -0.494 e. The highest BCUT2D eigenvalue weighted by molar-refractivity contribution is 5.98. The topological polar surface area (TPSA) is 58.4 Å². The van der Waals surface area contributed by atoms with Crippen LogP contribution in [-0.4, -0.2) is 28.2 Å². The number of hydrogen-bond donors (Lipinski definition) is 0. The molecule has 0 radical (unpaired) electrons. The number of rotatable bonds is 5. The fourth-order valence-corrected chi connectivity index (χ4v) is 4.30. The van der Waals surface area contributed by atoms with Crippen molar-refractivity contribution < 1.29 is 18.6 Å². The van der Waals surface area contributed by atoms with Gasteiger partial charge in [-0.2, -0.15) is 0 Å². The Morgan fingerprint density at radius 1 is 0.970 bits per heavy atom. The first-order chi connectivity index (χ1) is 16.2. The van der Waals surface area contributed by atoms with E-state index in [9.17, 15) is 4.39 Å². The highest BCUT2D eigenvalue weighted by Crippen LogP contribution is 2.41. The molecule has 6 rings (SSSR count). The van der Waals surface area contributed by atoms with E-state index in [1.807, 2.05) is 55.6 Å². The van der Waals surface area contributed by atoms with Crippen LogP contribution in [0.1, 0.15) is 12.5 Å². The number of aromatic nitrogens is 3. The first-order valence-corrected chi connectivity index (χ1v) is 10.8. The van der Waals surface area contributed by atoms with Crippen LogP contribution < -0.4 is 14.2 Å². The SMILES string of the molecule is CCOc1ccc2c(c1)c1nnc(-c3ccc4c(c3)OCO4)c-1cn2Cc1cccc(F)c1. The van der Waals surface area contributed by atoms with Gasteiger partial charge in [0.25, 0.3) is 0 Å². The summed E-state index contributed by atoms with van der Waals surface area (Å²) in [5, 5.41) is 9.97. The summed E-state index contributed by atoms with van der Waals surface area (Å²) in [5.74, 6) is 1.92. The Morgan fingerprint density at radius 2 is 1.85 bits per heavy atom. The van der Waals surface area contributed by atoms with Crippen molar-refractivity contribution in [3.05, 3.63) is 78.2 Å². The largest absolute Gasteiger partial charge is 0.494 e. The molecular formula is C26H20FN3O3. The van der Waals surface area contributed by atoms with Crippen molar-refractivity contribution in [1.29, 1.82) is 0 Å². The molecule has 3 aromatic rings. The Balaban J connectivity index is 1.54. The summed E-state index contributed by atoms with van der Waals surface area (Å²) in [6.07, 6.45) is 2.03. The van der Waals surface area contributed by atoms with Gasteiger partial charge in [0, 0.05) is 29.3 Å². The zero-order chi connectivity index (χ0) is 22.4. The van der Waals surface area contributed by atoms with Gasteiger partial charge in [-0.05, 0) is 61.0 Å². The zero-order valence-corrected chi connectivity index (χ0v) is 17.9. The predicted molar refractivity (Wildman–Crippen MR) is 122 cm³/mol. The lowest BCUT2D eigenvalue weighted by Gasteiger charge is -2.16. The van der Waals surface area contributed by atoms with E-state index in [-0.39, 0.29) is 12.6 Å². The van der Waals surface area contributed by atoms with E-state index < -0.39 is 0 Å². The lowest BCUT2D eigenvalue weighted by atomic mass is 10.0. The number of ether oxygens (including phenoxy) is 3. The molecule has 0 amide bonds. The molecule has 0 aliphatic carbocycles. The number of fused-ring (bicyclic) bond motifs is 4. The molecule has 3 aromatic carbocycles. The third-order valence-electron chi connectivity index (χ3n) is 5.78. The van der Waals surface area contributed by atoms with Crippen LogP contribution in [0.5, 0.6) is 17.2 Å². The summed E-state index contributed by atoms with van der Waals surface area (Å²) in [6, 6.07) is 18.3. The minimum absolute atomic E-state index is 0.213. The molecule has 0 spiro atoms. The van der Waals surface area contributed by atoms with Crippen LogP contribution >= 0.6 is 0 Å². The number of hydrogen-bond acceptors (Lipinski definition) is 5. The van der Waals surface area contributed by atoms with Crippen molar-refractivity contribution >= 4 is 10.9 Å². The van der Waals surface area contributed by atoms with Gasteiger partial charge in [0.1, 0.15) is 23.0 Å². The van der Waals surface area contributed by atoms with Crippen molar-refractivity contribution in [1.82, 2.24) is 14.8 Å². The van der Waals surface area contributed by atoms with Crippen molar-refractivity contribution in [2.24, 2.45) is 0 Å². The van der Waals surface area contributed by atoms with Gasteiger partial charge in [0.15, 0.2) is 11.5 Å². The Labute approximate surface area is 189 Å². The Hall–Kier alpha value is -4.13.